The summed E-state index contributed by atoms with van der Waals surface area (Å²) in [6, 6.07) is 11.5. The topological polar surface area (TPSA) is 59.8 Å². The van der Waals surface area contributed by atoms with Gasteiger partial charge in [0.05, 0.1) is 11.8 Å². The third-order valence-corrected chi connectivity index (χ3v) is 3.96. The van der Waals surface area contributed by atoms with Crippen molar-refractivity contribution in [1.82, 2.24) is 14.8 Å². The number of amides is 1. The van der Waals surface area contributed by atoms with E-state index in [0.717, 1.165) is 11.8 Å². The molecule has 27 heavy (non-hydrogen) atoms. The van der Waals surface area contributed by atoms with Crippen LogP contribution in [0.4, 0.5) is 18.9 Å². The van der Waals surface area contributed by atoms with Crippen LogP contribution < -0.4 is 5.32 Å². The van der Waals surface area contributed by atoms with E-state index in [9.17, 15) is 18.0 Å². The molecule has 0 radical (unpaired) electrons. The van der Waals surface area contributed by atoms with Crippen LogP contribution in [0.25, 0.3) is 5.82 Å². The lowest BCUT2D eigenvalue weighted by atomic mass is 10.0. The number of halogens is 3. The number of pyridine rings is 1. The molecule has 140 valence electrons. The number of alkyl halides is 3. The van der Waals surface area contributed by atoms with Gasteiger partial charge in [0.1, 0.15) is 0 Å². The number of nitrogens with one attached hydrogen (secondary N) is 1. The summed E-state index contributed by atoms with van der Waals surface area (Å²) in [6.45, 7) is 3.97. The monoisotopic (exact) mass is 374 g/mol. The molecule has 2 heterocycles. The Morgan fingerprint density at radius 3 is 2.56 bits per heavy atom. The maximum Gasteiger partial charge on any atom is 0.434 e. The lowest BCUT2D eigenvalue weighted by Crippen LogP contribution is -2.21. The van der Waals surface area contributed by atoms with Gasteiger partial charge in [-0.1, -0.05) is 32.0 Å². The molecule has 0 saturated carbocycles. The molecule has 5 nitrogen and oxygen atoms in total. The summed E-state index contributed by atoms with van der Waals surface area (Å²) in [5, 5.41) is 6.25. The summed E-state index contributed by atoms with van der Waals surface area (Å²) in [6.07, 6.45) is -2.52. The molecule has 0 unspecified atom stereocenters. The van der Waals surface area contributed by atoms with Crippen LogP contribution in [-0.4, -0.2) is 20.7 Å². The highest BCUT2D eigenvalue weighted by molar-refractivity contribution is 6.05. The number of hydrogen-bond acceptors (Lipinski definition) is 3. The summed E-state index contributed by atoms with van der Waals surface area (Å²) in [5.74, 6) is -0.685. The molecule has 0 bridgehead atoms. The molecule has 0 spiro atoms. The maximum atomic E-state index is 13.6. The Labute approximate surface area is 153 Å². The van der Waals surface area contributed by atoms with Crippen molar-refractivity contribution >= 4 is 11.6 Å². The minimum atomic E-state index is -4.78. The van der Waals surface area contributed by atoms with E-state index in [2.05, 4.69) is 15.4 Å². The Balaban J connectivity index is 1.98. The molecule has 0 atom stereocenters. The number of nitrogens with zero attached hydrogens (tertiary/aromatic N) is 3. The molecule has 1 aromatic carbocycles. The zero-order chi connectivity index (χ0) is 19.6. The standard InChI is InChI=1S/C19H17F3N4O/c1-12(2)13-6-5-7-14(10-13)25-18(27)15-11-24-26(17(15)19(20,21)22)16-8-3-4-9-23-16/h3-12H,1-2H3,(H,25,27). The highest BCUT2D eigenvalue weighted by Crippen LogP contribution is 2.33. The van der Waals surface area contributed by atoms with Crippen molar-refractivity contribution < 1.29 is 18.0 Å². The first-order valence-electron chi connectivity index (χ1n) is 8.25. The molecule has 8 heteroatoms. The van der Waals surface area contributed by atoms with E-state index in [0.29, 0.717) is 10.4 Å². The molecule has 0 saturated heterocycles. The van der Waals surface area contributed by atoms with Crippen LogP contribution in [0.2, 0.25) is 0 Å². The van der Waals surface area contributed by atoms with E-state index in [4.69, 9.17) is 0 Å². The minimum Gasteiger partial charge on any atom is -0.322 e. The number of carbonyl (C=O) groups excluding carboxylic acids is 1. The highest BCUT2D eigenvalue weighted by atomic mass is 19.4. The number of carbonyl (C=O) groups is 1. The summed E-state index contributed by atoms with van der Waals surface area (Å²) >= 11 is 0. The summed E-state index contributed by atoms with van der Waals surface area (Å²) < 4.78 is 41.5. The number of rotatable bonds is 4. The first-order valence-corrected chi connectivity index (χ1v) is 8.25. The number of benzene rings is 1. The van der Waals surface area contributed by atoms with Crippen LogP contribution >= 0.6 is 0 Å². The predicted octanol–water partition coefficient (Wildman–Crippen LogP) is 4.66. The molecule has 1 amide bonds. The van der Waals surface area contributed by atoms with Crippen molar-refractivity contribution in [2.24, 2.45) is 0 Å². The van der Waals surface area contributed by atoms with Crippen LogP contribution in [-0.2, 0) is 6.18 Å². The lowest BCUT2D eigenvalue weighted by molar-refractivity contribution is -0.143. The van der Waals surface area contributed by atoms with Gasteiger partial charge in [-0.2, -0.15) is 18.3 Å². The molecule has 0 aliphatic carbocycles. The average molecular weight is 374 g/mol. The number of anilines is 1. The number of hydrogen-bond donors (Lipinski definition) is 1. The van der Waals surface area contributed by atoms with Gasteiger partial charge in [-0.25, -0.2) is 9.67 Å². The zero-order valence-electron chi connectivity index (χ0n) is 14.7. The smallest absolute Gasteiger partial charge is 0.322 e. The van der Waals surface area contributed by atoms with Crippen LogP contribution in [0, 0.1) is 0 Å². The van der Waals surface area contributed by atoms with Gasteiger partial charge in [0, 0.05) is 11.9 Å². The van der Waals surface area contributed by atoms with Crippen molar-refractivity contribution in [3.63, 3.8) is 0 Å². The van der Waals surface area contributed by atoms with Crippen LogP contribution in [0.1, 0.15) is 41.4 Å². The Kier molecular flexibility index (Phi) is 4.98. The van der Waals surface area contributed by atoms with Gasteiger partial charge in [0.15, 0.2) is 11.5 Å². The Bertz CT molecular complexity index is 949. The van der Waals surface area contributed by atoms with E-state index in [-0.39, 0.29) is 11.7 Å². The molecule has 3 aromatic rings. The molecule has 0 aliphatic heterocycles. The summed E-state index contributed by atoms with van der Waals surface area (Å²) in [4.78, 5) is 16.4. The van der Waals surface area contributed by atoms with Gasteiger partial charge >= 0.3 is 6.18 Å². The maximum absolute atomic E-state index is 13.6. The minimum absolute atomic E-state index is 0.0225. The van der Waals surface area contributed by atoms with E-state index in [1.54, 1.807) is 30.3 Å². The van der Waals surface area contributed by atoms with Gasteiger partial charge in [-0.3, -0.25) is 4.79 Å². The fourth-order valence-corrected chi connectivity index (χ4v) is 2.61. The second kappa shape index (κ2) is 7.22. The third-order valence-electron chi connectivity index (χ3n) is 3.96. The number of aromatic nitrogens is 3. The van der Waals surface area contributed by atoms with Crippen molar-refractivity contribution in [3.05, 3.63) is 71.7 Å². The molecular weight excluding hydrogens is 357 g/mol. The molecular formula is C19H17F3N4O. The van der Waals surface area contributed by atoms with Crippen molar-refractivity contribution in [2.75, 3.05) is 5.32 Å². The predicted molar refractivity (Wildman–Crippen MR) is 94.8 cm³/mol. The van der Waals surface area contributed by atoms with Crippen LogP contribution in [0.3, 0.4) is 0 Å². The van der Waals surface area contributed by atoms with Gasteiger partial charge in [0.25, 0.3) is 5.91 Å². The van der Waals surface area contributed by atoms with Crippen molar-refractivity contribution in [3.8, 4) is 5.82 Å². The van der Waals surface area contributed by atoms with E-state index < -0.39 is 23.3 Å². The fraction of sp³-hybridized carbons (Fsp3) is 0.211. The highest BCUT2D eigenvalue weighted by Gasteiger charge is 2.40. The second-order valence-corrected chi connectivity index (χ2v) is 6.24. The van der Waals surface area contributed by atoms with Crippen LogP contribution in [0.5, 0.6) is 0 Å². The van der Waals surface area contributed by atoms with Gasteiger partial charge in [0.2, 0.25) is 0 Å². The molecule has 3 rings (SSSR count). The molecule has 2 aromatic heterocycles. The normalized spacial score (nSPS) is 11.6. The molecule has 1 N–H and O–H groups in total. The Morgan fingerprint density at radius 1 is 1.15 bits per heavy atom. The lowest BCUT2D eigenvalue weighted by Gasteiger charge is -2.13. The molecule has 0 aliphatic rings. The second-order valence-electron chi connectivity index (χ2n) is 6.24. The molecule has 0 fully saturated rings. The summed E-state index contributed by atoms with van der Waals surface area (Å²) in [5.41, 5.74) is -0.347. The summed E-state index contributed by atoms with van der Waals surface area (Å²) in [7, 11) is 0. The Morgan fingerprint density at radius 2 is 1.93 bits per heavy atom. The van der Waals surface area contributed by atoms with Gasteiger partial charge < -0.3 is 5.32 Å². The van der Waals surface area contributed by atoms with E-state index in [1.165, 1.54) is 12.3 Å². The largest absolute Gasteiger partial charge is 0.434 e. The van der Waals surface area contributed by atoms with E-state index in [1.807, 2.05) is 19.9 Å². The fourth-order valence-electron chi connectivity index (χ4n) is 2.61. The quantitative estimate of drug-likeness (QED) is 0.722. The van der Waals surface area contributed by atoms with Crippen LogP contribution in [0.15, 0.2) is 54.9 Å². The Hall–Kier alpha value is -3.16. The first kappa shape index (κ1) is 18.6. The average Bonchev–Trinajstić information content (AvgIpc) is 3.08. The van der Waals surface area contributed by atoms with Gasteiger partial charge in [-0.05, 0) is 35.7 Å². The zero-order valence-corrected chi connectivity index (χ0v) is 14.7. The first-order chi connectivity index (χ1) is 12.8. The third kappa shape index (κ3) is 3.99. The van der Waals surface area contributed by atoms with E-state index >= 15 is 0 Å². The van der Waals surface area contributed by atoms with Crippen molar-refractivity contribution in [1.29, 1.82) is 0 Å². The van der Waals surface area contributed by atoms with Gasteiger partial charge in [-0.15, -0.1) is 0 Å². The van der Waals surface area contributed by atoms with Crippen molar-refractivity contribution in [2.45, 2.75) is 25.9 Å². The SMILES string of the molecule is CC(C)c1cccc(NC(=O)c2cnn(-c3ccccn3)c2C(F)(F)F)c1.